The molecule has 1 amide bonds. The minimum Gasteiger partial charge on any atom is -0.477 e. The third kappa shape index (κ3) is 2.95. The van der Waals surface area contributed by atoms with Gasteiger partial charge in [-0.15, -0.1) is 11.3 Å². The number of carbonyl (C=O) groups is 2. The normalized spacial score (nSPS) is 15.8. The molecule has 1 aliphatic rings. The van der Waals surface area contributed by atoms with Crippen LogP contribution >= 0.6 is 11.3 Å². The van der Waals surface area contributed by atoms with Gasteiger partial charge < -0.3 is 10.4 Å². The molecule has 0 saturated carbocycles. The molecule has 0 unspecified atom stereocenters. The molecule has 0 bridgehead atoms. The number of carboxylic acid groups (broad SMARTS) is 1. The van der Waals surface area contributed by atoms with Gasteiger partial charge in [-0.25, -0.2) is 18.0 Å². The number of hydrogen-bond acceptors (Lipinski definition) is 3. The van der Waals surface area contributed by atoms with E-state index in [1.54, 1.807) is 0 Å². The van der Waals surface area contributed by atoms with Crippen molar-refractivity contribution in [2.45, 2.75) is 12.3 Å². The van der Waals surface area contributed by atoms with Crippen LogP contribution in [-0.4, -0.2) is 17.0 Å². The maximum Gasteiger partial charge on any atom is 0.346 e. The number of fused-ring (bicyclic) bond motifs is 1. The standard InChI is InChI=1S/C20H12F3NO3S/c21-10-6-4-9(5-7-10)15-17-18(28-19(15)20(26)27)12(8-14(25)24-17)11-2-1-3-13(22)16(11)23/h1-7,12H,8H2,(H,24,25)(H,26,27)/t12-/m1/s1. The highest BCUT2D eigenvalue weighted by Gasteiger charge is 2.35. The highest BCUT2D eigenvalue weighted by atomic mass is 32.1. The molecule has 1 atom stereocenters. The van der Waals surface area contributed by atoms with Crippen molar-refractivity contribution >= 4 is 28.9 Å². The van der Waals surface area contributed by atoms with Crippen molar-refractivity contribution in [3.05, 3.63) is 75.2 Å². The van der Waals surface area contributed by atoms with Crippen LogP contribution < -0.4 is 5.32 Å². The maximum absolute atomic E-state index is 14.4. The zero-order valence-electron chi connectivity index (χ0n) is 14.1. The Labute approximate surface area is 161 Å². The van der Waals surface area contributed by atoms with Crippen LogP contribution in [0, 0.1) is 17.5 Å². The third-order valence-electron chi connectivity index (χ3n) is 4.59. The summed E-state index contributed by atoms with van der Waals surface area (Å²) in [7, 11) is 0. The largest absolute Gasteiger partial charge is 0.477 e. The van der Waals surface area contributed by atoms with Gasteiger partial charge in [0.2, 0.25) is 5.91 Å². The van der Waals surface area contributed by atoms with Crippen molar-refractivity contribution in [1.29, 1.82) is 0 Å². The molecule has 0 radical (unpaired) electrons. The third-order valence-corrected chi connectivity index (χ3v) is 5.88. The molecule has 1 aliphatic heterocycles. The zero-order valence-corrected chi connectivity index (χ0v) is 14.9. The van der Waals surface area contributed by atoms with E-state index in [0.717, 1.165) is 17.4 Å². The van der Waals surface area contributed by atoms with E-state index in [1.807, 2.05) is 0 Å². The number of rotatable bonds is 3. The van der Waals surface area contributed by atoms with Crippen LogP contribution in [-0.2, 0) is 4.79 Å². The maximum atomic E-state index is 14.4. The molecule has 4 rings (SSSR count). The average Bonchev–Trinajstić information content (AvgIpc) is 3.04. The van der Waals surface area contributed by atoms with Gasteiger partial charge in [0.1, 0.15) is 10.7 Å². The van der Waals surface area contributed by atoms with E-state index in [2.05, 4.69) is 5.32 Å². The number of nitrogens with one attached hydrogen (secondary N) is 1. The molecule has 0 spiro atoms. The van der Waals surface area contributed by atoms with Gasteiger partial charge in [-0.3, -0.25) is 4.79 Å². The smallest absolute Gasteiger partial charge is 0.346 e. The molecule has 0 aliphatic carbocycles. The number of anilines is 1. The van der Waals surface area contributed by atoms with Gasteiger partial charge in [0, 0.05) is 22.8 Å². The lowest BCUT2D eigenvalue weighted by molar-refractivity contribution is -0.116. The number of benzene rings is 2. The molecule has 8 heteroatoms. The summed E-state index contributed by atoms with van der Waals surface area (Å²) in [5, 5.41) is 12.3. The van der Waals surface area contributed by atoms with Crippen molar-refractivity contribution < 1.29 is 27.9 Å². The van der Waals surface area contributed by atoms with Crippen LogP contribution in [0.25, 0.3) is 11.1 Å². The molecular formula is C20H12F3NO3S. The molecule has 142 valence electrons. The monoisotopic (exact) mass is 403 g/mol. The molecule has 28 heavy (non-hydrogen) atoms. The Morgan fingerprint density at radius 2 is 1.82 bits per heavy atom. The van der Waals surface area contributed by atoms with Crippen LogP contribution in [0.2, 0.25) is 0 Å². The van der Waals surface area contributed by atoms with Gasteiger partial charge in [0.05, 0.1) is 5.69 Å². The SMILES string of the molecule is O=C1C[C@H](c2cccc(F)c2F)c2sc(C(=O)O)c(-c3ccc(F)cc3)c2N1. The fourth-order valence-corrected chi connectivity index (χ4v) is 4.61. The second kappa shape index (κ2) is 6.79. The van der Waals surface area contributed by atoms with E-state index in [4.69, 9.17) is 0 Å². The molecule has 4 nitrogen and oxygen atoms in total. The Morgan fingerprint density at radius 3 is 2.50 bits per heavy atom. The number of hydrogen-bond donors (Lipinski definition) is 2. The number of amides is 1. The summed E-state index contributed by atoms with van der Waals surface area (Å²) < 4.78 is 41.4. The summed E-state index contributed by atoms with van der Waals surface area (Å²) in [5.74, 6) is -5.10. The Bertz CT molecular complexity index is 1110. The van der Waals surface area contributed by atoms with Crippen molar-refractivity contribution in [1.82, 2.24) is 0 Å². The number of thiophene rings is 1. The minimum absolute atomic E-state index is 0.0139. The van der Waals surface area contributed by atoms with Crippen molar-refractivity contribution in [2.24, 2.45) is 0 Å². The van der Waals surface area contributed by atoms with E-state index in [1.165, 1.54) is 36.4 Å². The summed E-state index contributed by atoms with van der Waals surface area (Å²) in [5.41, 5.74) is 0.846. The first kappa shape index (κ1) is 18.2. The zero-order chi connectivity index (χ0) is 20.0. The van der Waals surface area contributed by atoms with Gasteiger partial charge in [0.25, 0.3) is 0 Å². The van der Waals surface area contributed by atoms with E-state index in [9.17, 15) is 27.9 Å². The van der Waals surface area contributed by atoms with Gasteiger partial charge >= 0.3 is 5.97 Å². The second-order valence-electron chi connectivity index (χ2n) is 6.31. The van der Waals surface area contributed by atoms with Gasteiger partial charge in [-0.1, -0.05) is 24.3 Å². The van der Waals surface area contributed by atoms with Gasteiger partial charge in [0.15, 0.2) is 11.6 Å². The van der Waals surface area contributed by atoms with Crippen molar-refractivity contribution in [3.8, 4) is 11.1 Å². The quantitative estimate of drug-likeness (QED) is 0.647. The summed E-state index contributed by atoms with van der Waals surface area (Å²) in [4.78, 5) is 24.5. The van der Waals surface area contributed by atoms with E-state index < -0.39 is 35.2 Å². The lowest BCUT2D eigenvalue weighted by atomic mass is 9.88. The predicted molar refractivity (Wildman–Crippen MR) is 98.1 cm³/mol. The van der Waals surface area contributed by atoms with Crippen LogP contribution in [0.3, 0.4) is 0 Å². The molecule has 0 saturated heterocycles. The minimum atomic E-state index is -1.23. The molecular weight excluding hydrogens is 391 g/mol. The van der Waals surface area contributed by atoms with E-state index in [0.29, 0.717) is 10.4 Å². The van der Waals surface area contributed by atoms with Crippen molar-refractivity contribution in [2.75, 3.05) is 5.32 Å². The van der Waals surface area contributed by atoms with Gasteiger partial charge in [-0.05, 0) is 29.3 Å². The van der Waals surface area contributed by atoms with Crippen LogP contribution in [0.15, 0.2) is 42.5 Å². The first-order chi connectivity index (χ1) is 13.4. The first-order valence-electron chi connectivity index (χ1n) is 8.26. The van der Waals surface area contributed by atoms with Crippen LogP contribution in [0.5, 0.6) is 0 Å². The van der Waals surface area contributed by atoms with Gasteiger partial charge in [-0.2, -0.15) is 0 Å². The first-order valence-corrected chi connectivity index (χ1v) is 9.08. The second-order valence-corrected chi connectivity index (χ2v) is 7.36. The predicted octanol–water partition coefficient (Wildman–Crippen LogP) is 5.00. The number of aromatic carboxylic acids is 1. The lowest BCUT2D eigenvalue weighted by Gasteiger charge is -2.24. The Morgan fingerprint density at radius 1 is 1.11 bits per heavy atom. The summed E-state index contributed by atoms with van der Waals surface area (Å²) >= 11 is 0.891. The molecule has 2 heterocycles. The lowest BCUT2D eigenvalue weighted by Crippen LogP contribution is -2.23. The molecule has 0 fully saturated rings. The number of carboxylic acids is 1. The summed E-state index contributed by atoms with van der Waals surface area (Å²) in [6.45, 7) is 0. The molecule has 3 aromatic rings. The number of halogens is 3. The Hall–Kier alpha value is -3.13. The summed E-state index contributed by atoms with van der Waals surface area (Å²) in [6, 6.07) is 8.86. The Balaban J connectivity index is 1.96. The van der Waals surface area contributed by atoms with E-state index >= 15 is 0 Å². The Kier molecular flexibility index (Phi) is 4.43. The van der Waals surface area contributed by atoms with Crippen LogP contribution in [0.4, 0.5) is 18.9 Å². The average molecular weight is 403 g/mol. The fraction of sp³-hybridized carbons (Fsp3) is 0.100. The highest BCUT2D eigenvalue weighted by Crippen LogP contribution is 2.49. The van der Waals surface area contributed by atoms with Crippen molar-refractivity contribution in [3.63, 3.8) is 0 Å². The van der Waals surface area contributed by atoms with E-state index in [-0.39, 0.29) is 28.1 Å². The summed E-state index contributed by atoms with van der Waals surface area (Å²) in [6.07, 6.45) is -0.143. The topological polar surface area (TPSA) is 66.4 Å². The number of carbonyl (C=O) groups excluding carboxylic acids is 1. The molecule has 2 N–H and O–H groups in total. The fourth-order valence-electron chi connectivity index (χ4n) is 3.37. The highest BCUT2D eigenvalue weighted by molar-refractivity contribution is 7.15. The molecule has 2 aromatic carbocycles. The van der Waals surface area contributed by atoms with Crippen LogP contribution in [0.1, 0.15) is 32.5 Å². The molecule has 1 aromatic heterocycles.